The number of ether oxygens (including phenoxy) is 1. The number of likely N-dealkylation sites (N-methyl/N-ethyl adjacent to an activating group) is 1. The molecule has 0 bridgehead atoms. The monoisotopic (exact) mass is 1040 g/mol. The van der Waals surface area contributed by atoms with Crippen LogP contribution in [0.5, 0.6) is 0 Å². The second-order valence-corrected chi connectivity index (χ2v) is 21.7. The largest absolute Gasteiger partial charge is 0.465 e. The van der Waals surface area contributed by atoms with Gasteiger partial charge >= 0.3 is 12.2 Å². The van der Waals surface area contributed by atoms with Gasteiger partial charge in [-0.25, -0.2) is 32.7 Å². The first-order valence-corrected chi connectivity index (χ1v) is 26.7. The van der Waals surface area contributed by atoms with Crippen molar-refractivity contribution >= 4 is 57.4 Å². The van der Waals surface area contributed by atoms with Gasteiger partial charge in [0.05, 0.1) is 53.3 Å². The number of hydrogen-bond donors (Lipinski definition) is 4. The summed E-state index contributed by atoms with van der Waals surface area (Å²) in [6, 6.07) is 18.2. The Bertz CT molecular complexity index is 3110. The summed E-state index contributed by atoms with van der Waals surface area (Å²) in [4.78, 5) is 77.8. The van der Waals surface area contributed by atoms with Gasteiger partial charge in [-0.15, -0.1) is 0 Å². The highest BCUT2D eigenvalue weighted by Gasteiger charge is 2.42. The fourth-order valence-electron chi connectivity index (χ4n) is 12.5. The summed E-state index contributed by atoms with van der Waals surface area (Å²) >= 11 is 0. The van der Waals surface area contributed by atoms with Crippen molar-refractivity contribution in [1.29, 1.82) is 0 Å². The van der Waals surface area contributed by atoms with E-state index in [-0.39, 0.29) is 65.2 Å². The lowest BCUT2D eigenvalue weighted by molar-refractivity contribution is -0.138. The van der Waals surface area contributed by atoms with E-state index >= 15 is 8.78 Å². The van der Waals surface area contributed by atoms with E-state index in [4.69, 9.17) is 14.7 Å². The number of aromatic amines is 2. The molecule has 0 aliphatic carbocycles. The van der Waals surface area contributed by atoms with Gasteiger partial charge in [-0.2, -0.15) is 0 Å². The van der Waals surface area contributed by atoms with Crippen LogP contribution in [0.25, 0.3) is 22.1 Å². The van der Waals surface area contributed by atoms with Crippen LogP contribution in [-0.2, 0) is 14.3 Å². The fraction of sp³-hybridized carbons (Fsp3) is 0.474. The van der Waals surface area contributed by atoms with Gasteiger partial charge in [-0.3, -0.25) is 14.5 Å². The van der Waals surface area contributed by atoms with Crippen LogP contribution in [0.1, 0.15) is 137 Å². The highest BCUT2D eigenvalue weighted by molar-refractivity contribution is 5.87. The van der Waals surface area contributed by atoms with E-state index < -0.39 is 35.9 Å². The van der Waals surface area contributed by atoms with E-state index in [0.29, 0.717) is 93.1 Å². The number of methoxy groups -OCH3 is 1. The Morgan fingerprint density at radius 2 is 1.18 bits per heavy atom. The quantitative estimate of drug-likeness (QED) is 0.0868. The van der Waals surface area contributed by atoms with Crippen LogP contribution in [0.4, 0.5) is 34.1 Å². The molecule has 4 saturated heterocycles. The third-order valence-electron chi connectivity index (χ3n) is 16.4. The van der Waals surface area contributed by atoms with Crippen molar-refractivity contribution in [1.82, 2.24) is 40.0 Å². The molecule has 4 N–H and O–H groups in total. The highest BCUT2D eigenvalue weighted by Crippen LogP contribution is 2.49. The first-order valence-electron chi connectivity index (χ1n) is 26.7. The second kappa shape index (κ2) is 21.4. The molecule has 4 amide bonds. The summed E-state index contributed by atoms with van der Waals surface area (Å²) in [5, 5.41) is 12.5. The van der Waals surface area contributed by atoms with Gasteiger partial charge in [-0.1, -0.05) is 52.0 Å². The minimum Gasteiger partial charge on any atom is -0.465 e. The van der Waals surface area contributed by atoms with Crippen molar-refractivity contribution in [2.24, 2.45) is 11.8 Å². The van der Waals surface area contributed by atoms with Gasteiger partial charge in [0.15, 0.2) is 11.6 Å². The molecule has 10 rings (SSSR count). The van der Waals surface area contributed by atoms with Crippen LogP contribution < -0.4 is 15.1 Å². The molecule has 6 atom stereocenters. The third kappa shape index (κ3) is 9.99. The average Bonchev–Trinajstić information content (AvgIpc) is 4.27. The fourth-order valence-corrected chi connectivity index (χ4v) is 12.5. The number of imidazole rings is 2. The van der Waals surface area contributed by atoms with Crippen molar-refractivity contribution in [2.75, 3.05) is 50.1 Å². The predicted octanol–water partition coefficient (Wildman–Crippen LogP) is 10.7. The van der Waals surface area contributed by atoms with E-state index in [1.54, 1.807) is 26.8 Å². The zero-order valence-electron chi connectivity index (χ0n) is 43.9. The number of fused-ring (bicyclic) bond motifs is 2. The molecular weight excluding hydrogens is 978 g/mol. The number of carbonyl (C=O) groups is 4. The molecule has 6 aromatic rings. The summed E-state index contributed by atoms with van der Waals surface area (Å²) in [5.41, 5.74) is 5.97. The molecule has 4 aromatic carbocycles. The minimum atomic E-state index is -1.17. The molecule has 0 spiro atoms. The van der Waals surface area contributed by atoms with E-state index in [9.17, 15) is 28.7 Å². The van der Waals surface area contributed by atoms with Crippen LogP contribution in [0.15, 0.2) is 72.8 Å². The number of H-pyrrole nitrogens is 2. The molecule has 6 heterocycles. The number of nitrogens with one attached hydrogen (secondary N) is 3. The van der Waals surface area contributed by atoms with Crippen LogP contribution in [-0.4, -0.2) is 116 Å². The molecule has 4 fully saturated rings. The standard InChI is InChI=1S/C57H67F3N10O6/c1-31(2)49(65-56(73)76-6)54(71)68-23-7-9-47(68)52-61-41-17-13-35(27-43(41)63-52)45-19-20-46(70(45)38-29-39(59)51(40(60)30-38)67-25-21-34(22-26-67)33-11-15-37(58)16-12-33)36-14-18-42-44(28-36)64-53(62-42)48-10-8-24-69(48)55(72)50(32(3)4)66(5)57(74)75/h11-18,27-32,34,45-50H,7-10,19-26H2,1-6H3,(H,61,63)(H,62,64)(H,65,73)(H,74,75)/t45-,46-,47+,48+,49+,50+/m1/s1. The number of piperidine rings is 1. The number of likely N-dealkylation sites (tertiary alicyclic amines) is 2. The van der Waals surface area contributed by atoms with E-state index in [1.807, 2.05) is 64.1 Å². The molecule has 0 unspecified atom stereocenters. The average molecular weight is 1050 g/mol. The summed E-state index contributed by atoms with van der Waals surface area (Å²) in [5.74, 6) is -1.17. The number of carboxylic acid groups (broad SMARTS) is 1. The van der Waals surface area contributed by atoms with Gasteiger partial charge in [-0.05, 0) is 134 Å². The zero-order valence-corrected chi connectivity index (χ0v) is 43.9. The summed E-state index contributed by atoms with van der Waals surface area (Å²) in [6.45, 7) is 9.26. The number of amides is 4. The molecule has 4 aliphatic heterocycles. The van der Waals surface area contributed by atoms with Crippen molar-refractivity contribution in [3.63, 3.8) is 0 Å². The predicted molar refractivity (Wildman–Crippen MR) is 282 cm³/mol. The van der Waals surface area contributed by atoms with Gasteiger partial charge in [0, 0.05) is 38.9 Å². The maximum Gasteiger partial charge on any atom is 0.407 e. The number of aromatic nitrogens is 4. The number of carbonyl (C=O) groups excluding carboxylic acids is 3. The molecule has 0 saturated carbocycles. The summed E-state index contributed by atoms with van der Waals surface area (Å²) < 4.78 is 52.2. The molecule has 16 nitrogen and oxygen atoms in total. The lowest BCUT2D eigenvalue weighted by Gasteiger charge is -2.36. The molecule has 0 radical (unpaired) electrons. The second-order valence-electron chi connectivity index (χ2n) is 21.7. The Morgan fingerprint density at radius 3 is 1.67 bits per heavy atom. The lowest BCUT2D eigenvalue weighted by Crippen LogP contribution is -2.51. The SMILES string of the molecule is COC(=O)N[C@H](C(=O)N1CCC[C@H]1c1nc2cc([C@H]3CC[C@H](c4ccc5[nH]c([C@@H]6CCCN6C(=O)[C@H](C(C)C)N(C)C(=O)O)nc5c4)N3c3cc(F)c(N4CCC(c5ccc(F)cc5)CC4)c(F)c3)ccc2[nH]1)C(C)C. The topological polar surface area (TPSA) is 183 Å². The number of anilines is 2. The van der Waals surface area contributed by atoms with Gasteiger partial charge in [0.25, 0.3) is 0 Å². The zero-order chi connectivity index (χ0) is 53.7. The minimum absolute atomic E-state index is 0.0708. The Balaban J connectivity index is 0.968. The van der Waals surface area contributed by atoms with Crippen molar-refractivity contribution < 1.29 is 42.2 Å². The molecule has 4 aliphatic rings. The molecule has 2 aromatic heterocycles. The number of benzene rings is 4. The maximum atomic E-state index is 16.8. The van der Waals surface area contributed by atoms with Gasteiger partial charge in [0.2, 0.25) is 11.8 Å². The van der Waals surface area contributed by atoms with Crippen LogP contribution in [0, 0.1) is 29.3 Å². The Morgan fingerprint density at radius 1 is 0.671 bits per heavy atom. The van der Waals surface area contributed by atoms with E-state index in [1.165, 1.54) is 38.4 Å². The number of alkyl carbamates (subject to hydrolysis) is 1. The Kier molecular flexibility index (Phi) is 14.7. The molecule has 19 heteroatoms. The van der Waals surface area contributed by atoms with Crippen molar-refractivity contribution in [2.45, 2.75) is 121 Å². The van der Waals surface area contributed by atoms with Crippen LogP contribution in [0.2, 0.25) is 0 Å². The smallest absolute Gasteiger partial charge is 0.407 e. The summed E-state index contributed by atoms with van der Waals surface area (Å²) in [6.07, 6.45) is 3.57. The number of halogens is 3. The molecule has 402 valence electrons. The maximum absolute atomic E-state index is 16.8. The van der Waals surface area contributed by atoms with Gasteiger partial charge in [0.1, 0.15) is 35.2 Å². The van der Waals surface area contributed by atoms with E-state index in [0.717, 1.165) is 45.5 Å². The number of nitrogens with zero attached hydrogens (tertiary/aromatic N) is 7. The number of rotatable bonds is 13. The van der Waals surface area contributed by atoms with E-state index in [2.05, 4.69) is 20.2 Å². The number of hydrogen-bond acceptors (Lipinski definition) is 9. The normalized spacial score (nSPS) is 21.1. The third-order valence-corrected chi connectivity index (χ3v) is 16.4. The molecule has 76 heavy (non-hydrogen) atoms. The van der Waals surface area contributed by atoms with Crippen molar-refractivity contribution in [3.05, 3.63) is 119 Å². The van der Waals surface area contributed by atoms with Gasteiger partial charge < -0.3 is 44.7 Å². The lowest BCUT2D eigenvalue weighted by atomic mass is 9.89. The van der Waals surface area contributed by atoms with Crippen LogP contribution in [0.3, 0.4) is 0 Å². The van der Waals surface area contributed by atoms with Crippen LogP contribution >= 0.6 is 0 Å². The van der Waals surface area contributed by atoms with Crippen molar-refractivity contribution in [3.8, 4) is 0 Å². The first kappa shape index (κ1) is 52.1. The highest BCUT2D eigenvalue weighted by atomic mass is 19.1. The first-order chi connectivity index (χ1) is 36.5. The summed E-state index contributed by atoms with van der Waals surface area (Å²) in [7, 11) is 2.69. The Hall–Kier alpha value is -7.31. The molecular formula is C57H67F3N10O6. The Labute approximate surface area is 440 Å².